The maximum Gasteiger partial charge on any atom is 0.326 e. The lowest BCUT2D eigenvalue weighted by Crippen LogP contribution is -2.60. The second kappa shape index (κ2) is 18.3. The Balaban J connectivity index is 2.84. The van der Waals surface area contributed by atoms with E-state index < -0.39 is 66.5 Å². The van der Waals surface area contributed by atoms with Gasteiger partial charge in [-0.25, -0.2) is 4.79 Å². The molecular weight excluding hydrogens is 532 g/mol. The average Bonchev–Trinajstić information content (AvgIpc) is 2.93. The molecule has 0 aliphatic rings. The van der Waals surface area contributed by atoms with Crippen molar-refractivity contribution in [2.24, 2.45) is 11.7 Å². The summed E-state index contributed by atoms with van der Waals surface area (Å²) < 4.78 is 0. The first-order valence-corrected chi connectivity index (χ1v) is 14.3. The highest BCUT2D eigenvalue weighted by molar-refractivity contribution is 5.94. The Bertz CT molecular complexity index is 972. The van der Waals surface area contributed by atoms with Gasteiger partial charge in [0.1, 0.15) is 30.0 Å². The second-order valence-electron chi connectivity index (χ2n) is 10.8. The van der Waals surface area contributed by atoms with Crippen LogP contribution >= 0.6 is 0 Å². The van der Waals surface area contributed by atoms with E-state index >= 15 is 0 Å². The number of nitrogens with zero attached hydrogens (tertiary/aromatic N) is 1. The van der Waals surface area contributed by atoms with E-state index in [4.69, 9.17) is 5.73 Å². The first-order valence-electron chi connectivity index (χ1n) is 14.3. The summed E-state index contributed by atoms with van der Waals surface area (Å²) in [6, 6.07) is 1.63. The quantitative estimate of drug-likeness (QED) is 0.116. The Morgan fingerprint density at radius 2 is 1.51 bits per heavy atom. The predicted octanol–water partition coefficient (Wildman–Crippen LogP) is 0.903. The highest BCUT2D eigenvalue weighted by Gasteiger charge is 2.36. The average molecular weight is 581 g/mol. The molecule has 0 heterocycles. The number of phenols is 1. The molecule has 41 heavy (non-hydrogen) atoms. The summed E-state index contributed by atoms with van der Waals surface area (Å²) in [6.07, 6.45) is 4.12. The van der Waals surface area contributed by atoms with Crippen LogP contribution in [-0.4, -0.2) is 92.9 Å². The second-order valence-corrected chi connectivity index (χ2v) is 10.8. The van der Waals surface area contributed by atoms with Crippen molar-refractivity contribution in [3.8, 4) is 5.75 Å². The predicted molar refractivity (Wildman–Crippen MR) is 154 cm³/mol. The lowest BCUT2D eigenvalue weighted by atomic mass is 9.99. The van der Waals surface area contributed by atoms with E-state index in [9.17, 15) is 39.6 Å². The molecule has 1 rings (SSSR count). The zero-order valence-corrected chi connectivity index (χ0v) is 24.6. The fourth-order valence-corrected chi connectivity index (χ4v) is 4.58. The highest BCUT2D eigenvalue weighted by atomic mass is 16.4. The topological polar surface area (TPSA) is 203 Å². The molecule has 0 saturated heterocycles. The molecule has 1 aromatic carbocycles. The van der Waals surface area contributed by atoms with Gasteiger partial charge in [0, 0.05) is 13.1 Å². The third-order valence-electron chi connectivity index (χ3n) is 7.05. The van der Waals surface area contributed by atoms with Gasteiger partial charge in [-0.1, -0.05) is 65.0 Å². The number of carboxylic acids is 1. The van der Waals surface area contributed by atoms with Crippen LogP contribution in [0.3, 0.4) is 0 Å². The van der Waals surface area contributed by atoms with Gasteiger partial charge in [-0.2, -0.15) is 0 Å². The lowest BCUT2D eigenvalue weighted by Gasteiger charge is -2.33. The monoisotopic (exact) mass is 580 g/mol. The van der Waals surface area contributed by atoms with Gasteiger partial charge in [-0.05, 0) is 42.9 Å². The van der Waals surface area contributed by atoms with E-state index in [1.165, 1.54) is 19.2 Å². The SMILES string of the molecule is CCCCCCCC(N)C(O)C(=O)NC(CO)C(=O)N(C)C(C(=O)NC(CCc1ccc(O)cc1)C(=O)O)C(C)C. The molecule has 12 heteroatoms. The zero-order valence-electron chi connectivity index (χ0n) is 24.6. The molecule has 12 nitrogen and oxygen atoms in total. The van der Waals surface area contributed by atoms with Crippen LogP contribution in [0.2, 0.25) is 0 Å². The normalized spacial score (nSPS) is 14.9. The molecule has 1 aromatic rings. The van der Waals surface area contributed by atoms with Crippen molar-refractivity contribution >= 4 is 23.7 Å². The Labute approximate surface area is 242 Å². The zero-order chi connectivity index (χ0) is 31.1. The van der Waals surface area contributed by atoms with E-state index in [1.54, 1.807) is 26.0 Å². The molecule has 0 saturated carbocycles. The number of hydrogen-bond acceptors (Lipinski definition) is 8. The summed E-state index contributed by atoms with van der Waals surface area (Å²) in [5, 5.41) is 44.1. The Morgan fingerprint density at radius 3 is 2.05 bits per heavy atom. The van der Waals surface area contributed by atoms with Crippen LogP contribution in [-0.2, 0) is 25.6 Å². The smallest absolute Gasteiger partial charge is 0.326 e. The maximum atomic E-state index is 13.2. The molecule has 0 aliphatic heterocycles. The van der Waals surface area contributed by atoms with E-state index in [1.807, 2.05) is 0 Å². The molecule has 0 bridgehead atoms. The van der Waals surface area contributed by atoms with Crippen molar-refractivity contribution in [1.29, 1.82) is 0 Å². The molecular formula is C29H48N4O8. The van der Waals surface area contributed by atoms with Gasteiger partial charge in [0.2, 0.25) is 11.8 Å². The lowest BCUT2D eigenvalue weighted by molar-refractivity contribution is -0.147. The molecule has 0 spiro atoms. The first kappa shape index (κ1) is 35.8. The van der Waals surface area contributed by atoms with Crippen LogP contribution < -0.4 is 16.4 Å². The first-order chi connectivity index (χ1) is 19.3. The number of aliphatic hydroxyl groups is 2. The number of unbranched alkanes of at least 4 members (excludes halogenated alkanes) is 4. The van der Waals surface area contributed by atoms with Crippen molar-refractivity contribution in [2.75, 3.05) is 13.7 Å². The summed E-state index contributed by atoms with van der Waals surface area (Å²) in [5.74, 6) is -4.01. The maximum absolute atomic E-state index is 13.2. The minimum atomic E-state index is -1.58. The van der Waals surface area contributed by atoms with Gasteiger partial charge < -0.3 is 41.7 Å². The van der Waals surface area contributed by atoms with Crippen molar-refractivity contribution < 1.29 is 39.6 Å². The summed E-state index contributed by atoms with van der Waals surface area (Å²) >= 11 is 0. The Kier molecular flexibility index (Phi) is 15.9. The third kappa shape index (κ3) is 12.0. The molecule has 3 amide bonds. The number of aromatic hydroxyl groups is 1. The van der Waals surface area contributed by atoms with E-state index in [0.29, 0.717) is 12.8 Å². The molecule has 0 aliphatic carbocycles. The van der Waals surface area contributed by atoms with Crippen LogP contribution in [0.5, 0.6) is 5.75 Å². The minimum absolute atomic E-state index is 0.0698. The number of benzene rings is 1. The highest BCUT2D eigenvalue weighted by Crippen LogP contribution is 2.15. The Hall–Kier alpha value is -3.22. The van der Waals surface area contributed by atoms with Crippen molar-refractivity contribution in [3.63, 3.8) is 0 Å². The van der Waals surface area contributed by atoms with E-state index in [-0.39, 0.29) is 12.2 Å². The Morgan fingerprint density at radius 1 is 0.927 bits per heavy atom. The number of carbonyl (C=O) groups is 4. The van der Waals surface area contributed by atoms with Crippen molar-refractivity contribution in [1.82, 2.24) is 15.5 Å². The molecule has 5 atom stereocenters. The van der Waals surface area contributed by atoms with Gasteiger partial charge >= 0.3 is 5.97 Å². The third-order valence-corrected chi connectivity index (χ3v) is 7.05. The van der Waals surface area contributed by atoms with Crippen molar-refractivity contribution in [2.45, 2.75) is 102 Å². The number of rotatable bonds is 19. The number of hydrogen-bond donors (Lipinski definition) is 7. The number of aryl methyl sites for hydroxylation is 1. The van der Waals surface area contributed by atoms with Gasteiger partial charge in [-0.3, -0.25) is 14.4 Å². The minimum Gasteiger partial charge on any atom is -0.508 e. The summed E-state index contributed by atoms with van der Waals surface area (Å²) in [4.78, 5) is 51.9. The molecule has 0 radical (unpaired) electrons. The van der Waals surface area contributed by atoms with Crippen LogP contribution in [0, 0.1) is 5.92 Å². The molecule has 232 valence electrons. The fourth-order valence-electron chi connectivity index (χ4n) is 4.58. The van der Waals surface area contributed by atoms with Crippen molar-refractivity contribution in [3.05, 3.63) is 29.8 Å². The molecule has 5 unspecified atom stereocenters. The van der Waals surface area contributed by atoms with Crippen LogP contribution in [0.15, 0.2) is 24.3 Å². The van der Waals surface area contributed by atoms with Gasteiger partial charge in [-0.15, -0.1) is 0 Å². The van der Waals surface area contributed by atoms with Gasteiger partial charge in [0.15, 0.2) is 0 Å². The van der Waals surface area contributed by atoms with E-state index in [0.717, 1.165) is 42.6 Å². The van der Waals surface area contributed by atoms with Crippen LogP contribution in [0.4, 0.5) is 0 Å². The standard InChI is InChI=1S/C29H48N4O8/c1-5-6-7-8-9-10-21(30)25(36)27(38)32-23(17-34)28(39)33(4)24(18(2)3)26(37)31-22(29(40)41)16-13-19-11-14-20(35)15-12-19/h11-12,14-15,18,21-25,34-36H,5-10,13,16-17,30H2,1-4H3,(H,31,37)(H,32,38)(H,40,41). The number of aliphatic hydroxyl groups excluding tert-OH is 2. The number of aliphatic carboxylic acids is 1. The van der Waals surface area contributed by atoms with Gasteiger partial charge in [0.25, 0.3) is 5.91 Å². The number of likely N-dealkylation sites (N-methyl/N-ethyl adjacent to an activating group) is 1. The summed E-state index contributed by atoms with van der Waals surface area (Å²) in [7, 11) is 1.33. The fraction of sp³-hybridized carbons (Fsp3) is 0.655. The van der Waals surface area contributed by atoms with Crippen LogP contribution in [0.1, 0.15) is 71.3 Å². The number of nitrogens with two attached hydrogens (primary N) is 1. The number of carbonyl (C=O) groups excluding carboxylic acids is 3. The summed E-state index contributed by atoms with van der Waals surface area (Å²) in [6.45, 7) is 4.66. The molecule has 8 N–H and O–H groups in total. The summed E-state index contributed by atoms with van der Waals surface area (Å²) in [5.41, 5.74) is 6.75. The number of nitrogens with one attached hydrogen (secondary N) is 2. The number of carboxylic acid groups (broad SMARTS) is 1. The molecule has 0 aromatic heterocycles. The van der Waals surface area contributed by atoms with Gasteiger partial charge in [0.05, 0.1) is 6.61 Å². The van der Waals surface area contributed by atoms with Crippen LogP contribution in [0.25, 0.3) is 0 Å². The largest absolute Gasteiger partial charge is 0.508 e. The number of amides is 3. The molecule has 0 fully saturated rings. The van der Waals surface area contributed by atoms with E-state index in [2.05, 4.69) is 17.6 Å². The number of phenolic OH excluding ortho intramolecular Hbond substituents is 1.